The van der Waals surface area contributed by atoms with E-state index >= 15 is 0 Å². The van der Waals surface area contributed by atoms with Crippen LogP contribution in [0.2, 0.25) is 0 Å². The summed E-state index contributed by atoms with van der Waals surface area (Å²) >= 11 is 0. The van der Waals surface area contributed by atoms with Crippen LogP contribution in [0.15, 0.2) is 72.8 Å². The van der Waals surface area contributed by atoms with Gasteiger partial charge in [-0.15, -0.1) is 0 Å². The number of hydrogen-bond acceptors (Lipinski definition) is 2. The molecule has 1 unspecified atom stereocenters. The minimum Gasteiger partial charge on any atom is -0.481 e. The Labute approximate surface area is 135 Å². The van der Waals surface area contributed by atoms with E-state index < -0.39 is 6.10 Å². The first-order valence-electron chi connectivity index (χ1n) is 7.77. The minimum absolute atomic E-state index is 0.133. The summed E-state index contributed by atoms with van der Waals surface area (Å²) in [7, 11) is 0. The molecule has 0 aliphatic heterocycles. The number of hydrogen-bond donors (Lipinski definition) is 1. The second-order valence-corrected chi connectivity index (χ2v) is 5.38. The highest BCUT2D eigenvalue weighted by Crippen LogP contribution is 2.22. The summed E-state index contributed by atoms with van der Waals surface area (Å²) in [5.74, 6) is 0.575. The highest BCUT2D eigenvalue weighted by Gasteiger charge is 2.18. The van der Waals surface area contributed by atoms with E-state index in [1.54, 1.807) is 0 Å². The number of nitrogens with one attached hydrogen (secondary N) is 1. The van der Waals surface area contributed by atoms with E-state index in [0.717, 1.165) is 16.5 Å². The van der Waals surface area contributed by atoms with Gasteiger partial charge in [0.25, 0.3) is 5.91 Å². The monoisotopic (exact) mass is 305 g/mol. The number of ether oxygens (including phenoxy) is 1. The van der Waals surface area contributed by atoms with E-state index in [1.165, 1.54) is 0 Å². The third kappa shape index (κ3) is 3.69. The van der Waals surface area contributed by atoms with Crippen molar-refractivity contribution in [3.8, 4) is 5.75 Å². The zero-order valence-electron chi connectivity index (χ0n) is 13.0. The topological polar surface area (TPSA) is 38.3 Å². The predicted molar refractivity (Wildman–Crippen MR) is 93.7 cm³/mol. The standard InChI is InChI=1S/C20H19NO2/c1-2-19(20(22)21-17-10-4-3-5-11-17)23-18-13-12-15-8-6-7-9-16(15)14-18/h3-14,19H,2H2,1H3,(H,21,22). The van der Waals surface area contributed by atoms with Gasteiger partial charge in [-0.1, -0.05) is 55.5 Å². The maximum absolute atomic E-state index is 12.4. The van der Waals surface area contributed by atoms with Crippen molar-refractivity contribution in [2.24, 2.45) is 0 Å². The molecular weight excluding hydrogens is 286 g/mol. The maximum Gasteiger partial charge on any atom is 0.265 e. The van der Waals surface area contributed by atoms with Crippen molar-refractivity contribution in [2.45, 2.75) is 19.4 Å². The van der Waals surface area contributed by atoms with Crippen LogP contribution in [0.5, 0.6) is 5.75 Å². The molecule has 3 heteroatoms. The molecule has 0 bridgehead atoms. The number of anilines is 1. The molecule has 1 amide bonds. The Morgan fingerprint density at radius 3 is 2.39 bits per heavy atom. The molecule has 0 aromatic heterocycles. The number of amides is 1. The molecule has 3 aromatic carbocycles. The first kappa shape index (κ1) is 15.1. The summed E-state index contributed by atoms with van der Waals surface area (Å²) in [6.07, 6.45) is 0.0854. The number of carbonyl (C=O) groups excluding carboxylic acids is 1. The Kier molecular flexibility index (Phi) is 4.57. The third-order valence-electron chi connectivity index (χ3n) is 3.70. The Morgan fingerprint density at radius 1 is 0.957 bits per heavy atom. The quantitative estimate of drug-likeness (QED) is 0.746. The number of para-hydroxylation sites is 1. The van der Waals surface area contributed by atoms with E-state index in [0.29, 0.717) is 12.2 Å². The van der Waals surface area contributed by atoms with Crippen molar-refractivity contribution >= 4 is 22.4 Å². The second kappa shape index (κ2) is 6.97. The van der Waals surface area contributed by atoms with E-state index in [-0.39, 0.29) is 5.91 Å². The van der Waals surface area contributed by atoms with Crippen LogP contribution in [0.1, 0.15) is 13.3 Å². The van der Waals surface area contributed by atoms with Gasteiger partial charge in [-0.25, -0.2) is 0 Å². The lowest BCUT2D eigenvalue weighted by Crippen LogP contribution is -2.32. The van der Waals surface area contributed by atoms with Crippen molar-refractivity contribution in [3.05, 3.63) is 72.8 Å². The van der Waals surface area contributed by atoms with E-state index in [9.17, 15) is 4.79 Å². The van der Waals surface area contributed by atoms with E-state index in [1.807, 2.05) is 73.7 Å². The summed E-state index contributed by atoms with van der Waals surface area (Å²) in [6.45, 7) is 1.94. The molecule has 1 atom stereocenters. The fraction of sp³-hybridized carbons (Fsp3) is 0.150. The molecule has 1 N–H and O–H groups in total. The molecule has 0 aliphatic rings. The molecule has 0 spiro atoms. The largest absolute Gasteiger partial charge is 0.481 e. The molecule has 3 nitrogen and oxygen atoms in total. The molecule has 0 heterocycles. The first-order chi connectivity index (χ1) is 11.3. The smallest absolute Gasteiger partial charge is 0.265 e. The third-order valence-corrected chi connectivity index (χ3v) is 3.70. The van der Waals surface area contributed by atoms with Gasteiger partial charge < -0.3 is 10.1 Å². The Bertz CT molecular complexity index is 799. The average Bonchev–Trinajstić information content (AvgIpc) is 2.60. The van der Waals surface area contributed by atoms with Crippen LogP contribution >= 0.6 is 0 Å². The van der Waals surface area contributed by atoms with Crippen molar-refractivity contribution in [1.29, 1.82) is 0 Å². The van der Waals surface area contributed by atoms with Crippen LogP contribution < -0.4 is 10.1 Å². The molecule has 3 aromatic rings. The Hall–Kier alpha value is -2.81. The molecule has 0 aliphatic carbocycles. The first-order valence-corrected chi connectivity index (χ1v) is 7.77. The summed E-state index contributed by atoms with van der Waals surface area (Å²) in [5.41, 5.74) is 0.776. The van der Waals surface area contributed by atoms with Gasteiger partial charge in [-0.2, -0.15) is 0 Å². The minimum atomic E-state index is -0.517. The molecule has 0 saturated heterocycles. The van der Waals surface area contributed by atoms with Crippen molar-refractivity contribution < 1.29 is 9.53 Å². The van der Waals surface area contributed by atoms with Crippen molar-refractivity contribution in [1.82, 2.24) is 0 Å². The van der Waals surface area contributed by atoms with Crippen LogP contribution in [0, 0.1) is 0 Å². The van der Waals surface area contributed by atoms with E-state index in [4.69, 9.17) is 4.74 Å². The van der Waals surface area contributed by atoms with Crippen LogP contribution in [0.4, 0.5) is 5.69 Å². The number of rotatable bonds is 5. The molecule has 23 heavy (non-hydrogen) atoms. The van der Waals surface area contributed by atoms with Gasteiger partial charge in [0.1, 0.15) is 5.75 Å². The van der Waals surface area contributed by atoms with Crippen molar-refractivity contribution in [3.63, 3.8) is 0 Å². The van der Waals surface area contributed by atoms with Crippen LogP contribution in [0.3, 0.4) is 0 Å². The van der Waals surface area contributed by atoms with Crippen LogP contribution in [-0.2, 0) is 4.79 Å². The van der Waals surface area contributed by atoms with Crippen LogP contribution in [0.25, 0.3) is 10.8 Å². The van der Waals surface area contributed by atoms with Gasteiger partial charge in [-0.05, 0) is 41.5 Å². The number of fused-ring (bicyclic) bond motifs is 1. The summed E-state index contributed by atoms with van der Waals surface area (Å²) < 4.78 is 5.89. The SMILES string of the molecule is CCC(Oc1ccc2ccccc2c1)C(=O)Nc1ccccc1. The highest BCUT2D eigenvalue weighted by molar-refractivity contribution is 5.94. The summed E-state index contributed by atoms with van der Waals surface area (Å²) in [6, 6.07) is 23.4. The highest BCUT2D eigenvalue weighted by atomic mass is 16.5. The number of benzene rings is 3. The molecule has 0 saturated carbocycles. The lowest BCUT2D eigenvalue weighted by atomic mass is 10.1. The van der Waals surface area contributed by atoms with Gasteiger partial charge in [0, 0.05) is 5.69 Å². The van der Waals surface area contributed by atoms with Crippen molar-refractivity contribution in [2.75, 3.05) is 5.32 Å². The Morgan fingerprint density at radius 2 is 1.65 bits per heavy atom. The predicted octanol–water partition coefficient (Wildman–Crippen LogP) is 4.64. The molecular formula is C20H19NO2. The van der Waals surface area contributed by atoms with Gasteiger partial charge in [0.05, 0.1) is 0 Å². The normalized spacial score (nSPS) is 11.9. The second-order valence-electron chi connectivity index (χ2n) is 5.38. The average molecular weight is 305 g/mol. The lowest BCUT2D eigenvalue weighted by molar-refractivity contribution is -0.122. The van der Waals surface area contributed by atoms with Gasteiger partial charge in [0.15, 0.2) is 6.10 Å². The number of carbonyl (C=O) groups is 1. The molecule has 0 radical (unpaired) electrons. The van der Waals surface area contributed by atoms with E-state index in [2.05, 4.69) is 11.4 Å². The Balaban J connectivity index is 1.73. The maximum atomic E-state index is 12.4. The zero-order valence-corrected chi connectivity index (χ0v) is 13.0. The van der Waals surface area contributed by atoms with Crippen LogP contribution in [-0.4, -0.2) is 12.0 Å². The fourth-order valence-corrected chi connectivity index (χ4v) is 2.47. The molecule has 0 fully saturated rings. The zero-order chi connectivity index (χ0) is 16.1. The van der Waals surface area contributed by atoms with Gasteiger partial charge >= 0.3 is 0 Å². The lowest BCUT2D eigenvalue weighted by Gasteiger charge is -2.17. The van der Waals surface area contributed by atoms with Gasteiger partial charge in [-0.3, -0.25) is 4.79 Å². The molecule has 3 rings (SSSR count). The molecule has 116 valence electrons. The fourth-order valence-electron chi connectivity index (χ4n) is 2.47. The van der Waals surface area contributed by atoms with Gasteiger partial charge in [0.2, 0.25) is 0 Å². The summed E-state index contributed by atoms with van der Waals surface area (Å²) in [4.78, 5) is 12.4. The summed E-state index contributed by atoms with van der Waals surface area (Å²) in [5, 5.41) is 5.14.